The van der Waals surface area contributed by atoms with Crippen LogP contribution in [-0.2, 0) is 9.63 Å². The highest BCUT2D eigenvalue weighted by Gasteiger charge is 2.25. The molecule has 1 unspecified atom stereocenters. The highest BCUT2D eigenvalue weighted by atomic mass is 35.5. The van der Waals surface area contributed by atoms with Gasteiger partial charge in [0.1, 0.15) is 23.8 Å². The number of hydrogen-bond donors (Lipinski definition) is 1. The van der Waals surface area contributed by atoms with Crippen LogP contribution in [-0.4, -0.2) is 62.1 Å². The normalized spacial score (nSPS) is 16.8. The molecule has 0 saturated carbocycles. The number of benzene rings is 2. The van der Waals surface area contributed by atoms with Crippen LogP contribution in [0.3, 0.4) is 0 Å². The SMILES string of the molecule is COc1cccc(C(=NOCCN2CCCC(C(=O)O)C2)c2ccccc2OC)c1.Cl. The highest BCUT2D eigenvalue weighted by Crippen LogP contribution is 2.24. The van der Waals surface area contributed by atoms with Crippen LogP contribution in [0.5, 0.6) is 11.5 Å². The first-order valence-corrected chi connectivity index (χ1v) is 10.0. The average Bonchev–Trinajstić information content (AvgIpc) is 2.79. The largest absolute Gasteiger partial charge is 0.497 e. The summed E-state index contributed by atoms with van der Waals surface area (Å²) >= 11 is 0. The molecule has 0 aromatic heterocycles. The highest BCUT2D eigenvalue weighted by molar-refractivity contribution is 6.14. The van der Waals surface area contributed by atoms with Crippen LogP contribution in [0.25, 0.3) is 0 Å². The van der Waals surface area contributed by atoms with Crippen LogP contribution in [0.4, 0.5) is 0 Å². The first kappa shape index (κ1) is 24.5. The molecular formula is C23H29ClN2O5. The summed E-state index contributed by atoms with van der Waals surface area (Å²) in [4.78, 5) is 19.0. The van der Waals surface area contributed by atoms with E-state index in [1.54, 1.807) is 14.2 Å². The van der Waals surface area contributed by atoms with Gasteiger partial charge in [-0.15, -0.1) is 12.4 Å². The zero-order valence-corrected chi connectivity index (χ0v) is 18.6. The van der Waals surface area contributed by atoms with Gasteiger partial charge in [-0.3, -0.25) is 9.69 Å². The lowest BCUT2D eigenvalue weighted by Crippen LogP contribution is -2.40. The van der Waals surface area contributed by atoms with Crippen molar-refractivity contribution in [1.29, 1.82) is 0 Å². The molecule has 168 valence electrons. The first-order valence-electron chi connectivity index (χ1n) is 10.0. The fourth-order valence-electron chi connectivity index (χ4n) is 3.61. The fourth-order valence-corrected chi connectivity index (χ4v) is 3.61. The van der Waals surface area contributed by atoms with Crippen molar-refractivity contribution in [1.82, 2.24) is 4.90 Å². The van der Waals surface area contributed by atoms with E-state index in [1.807, 2.05) is 48.5 Å². The van der Waals surface area contributed by atoms with E-state index in [1.165, 1.54) is 0 Å². The maximum atomic E-state index is 11.2. The van der Waals surface area contributed by atoms with E-state index >= 15 is 0 Å². The predicted octanol–water partition coefficient (Wildman–Crippen LogP) is 3.69. The first-order chi connectivity index (χ1) is 14.6. The van der Waals surface area contributed by atoms with Gasteiger partial charge < -0.3 is 19.4 Å². The van der Waals surface area contributed by atoms with Crippen LogP contribution < -0.4 is 9.47 Å². The van der Waals surface area contributed by atoms with E-state index in [9.17, 15) is 9.90 Å². The Labute approximate surface area is 189 Å². The molecule has 1 saturated heterocycles. The molecule has 7 nitrogen and oxygen atoms in total. The molecule has 0 amide bonds. The standard InChI is InChI=1S/C23H28N2O5.ClH/c1-28-19-9-5-7-17(15-19)22(20-10-3-4-11-21(20)29-2)24-30-14-13-25-12-6-8-18(16-25)23(26)27;/h3-5,7,9-11,15,18H,6,8,12-14,16H2,1-2H3,(H,26,27);1H. The Morgan fingerprint density at radius 2 is 1.97 bits per heavy atom. The van der Waals surface area contributed by atoms with Gasteiger partial charge in [0.2, 0.25) is 0 Å². The van der Waals surface area contributed by atoms with Gasteiger partial charge >= 0.3 is 5.97 Å². The minimum Gasteiger partial charge on any atom is -0.497 e. The van der Waals surface area contributed by atoms with Crippen LogP contribution in [0, 0.1) is 5.92 Å². The second kappa shape index (κ2) is 12.2. The van der Waals surface area contributed by atoms with Gasteiger partial charge in [0.25, 0.3) is 0 Å². The molecular weight excluding hydrogens is 420 g/mol. The maximum absolute atomic E-state index is 11.2. The Morgan fingerprint density at radius 1 is 1.16 bits per heavy atom. The number of halogens is 1. The summed E-state index contributed by atoms with van der Waals surface area (Å²) in [7, 11) is 3.25. The number of piperidine rings is 1. The number of hydrogen-bond acceptors (Lipinski definition) is 6. The molecule has 8 heteroatoms. The van der Waals surface area contributed by atoms with Gasteiger partial charge in [-0.25, -0.2) is 0 Å². The number of oxime groups is 1. The molecule has 0 bridgehead atoms. The summed E-state index contributed by atoms with van der Waals surface area (Å²) in [6.45, 7) is 2.43. The number of carboxylic acid groups (broad SMARTS) is 1. The molecule has 1 fully saturated rings. The van der Waals surface area contributed by atoms with Crippen molar-refractivity contribution in [2.24, 2.45) is 11.1 Å². The Bertz CT molecular complexity index is 890. The summed E-state index contributed by atoms with van der Waals surface area (Å²) in [6, 6.07) is 15.3. The maximum Gasteiger partial charge on any atom is 0.307 e. The minimum absolute atomic E-state index is 0. The topological polar surface area (TPSA) is 80.6 Å². The van der Waals surface area contributed by atoms with E-state index in [0.717, 1.165) is 36.3 Å². The van der Waals surface area contributed by atoms with Crippen LogP contribution >= 0.6 is 12.4 Å². The third kappa shape index (κ3) is 6.60. The van der Waals surface area contributed by atoms with Crippen LogP contribution in [0.1, 0.15) is 24.0 Å². The molecule has 0 spiro atoms. The van der Waals surface area contributed by atoms with Gasteiger partial charge in [0, 0.05) is 24.2 Å². The number of nitrogens with zero attached hydrogens (tertiary/aromatic N) is 2. The van der Waals surface area contributed by atoms with Crippen molar-refractivity contribution in [3.05, 3.63) is 59.7 Å². The van der Waals surface area contributed by atoms with E-state index < -0.39 is 5.97 Å². The number of carboxylic acids is 1. The molecule has 2 aromatic rings. The van der Waals surface area contributed by atoms with Crippen molar-refractivity contribution in [2.75, 3.05) is 40.5 Å². The number of aliphatic carboxylic acids is 1. The molecule has 1 aliphatic rings. The molecule has 1 aliphatic heterocycles. The fraction of sp³-hybridized carbons (Fsp3) is 0.391. The lowest BCUT2D eigenvalue weighted by atomic mass is 9.98. The number of rotatable bonds is 9. The number of likely N-dealkylation sites (tertiary alicyclic amines) is 1. The Kier molecular flexibility index (Phi) is 9.62. The van der Waals surface area contributed by atoms with Crippen LogP contribution in [0.15, 0.2) is 53.7 Å². The smallest absolute Gasteiger partial charge is 0.307 e. The summed E-state index contributed by atoms with van der Waals surface area (Å²) in [6.07, 6.45) is 1.62. The summed E-state index contributed by atoms with van der Waals surface area (Å²) in [5.41, 5.74) is 2.31. The predicted molar refractivity (Wildman–Crippen MR) is 122 cm³/mol. The van der Waals surface area contributed by atoms with Gasteiger partial charge in [-0.2, -0.15) is 0 Å². The zero-order valence-electron chi connectivity index (χ0n) is 17.8. The van der Waals surface area contributed by atoms with Crippen molar-refractivity contribution in [2.45, 2.75) is 12.8 Å². The van der Waals surface area contributed by atoms with Gasteiger partial charge in [0.15, 0.2) is 0 Å². The Balaban J connectivity index is 0.00000341. The number of carbonyl (C=O) groups is 1. The number of para-hydroxylation sites is 1. The van der Waals surface area contributed by atoms with Crippen molar-refractivity contribution >= 4 is 24.1 Å². The Morgan fingerprint density at radius 3 is 2.71 bits per heavy atom. The van der Waals surface area contributed by atoms with E-state index in [0.29, 0.717) is 31.2 Å². The third-order valence-electron chi connectivity index (χ3n) is 5.21. The minimum atomic E-state index is -0.727. The van der Waals surface area contributed by atoms with E-state index in [2.05, 4.69) is 10.1 Å². The number of ether oxygens (including phenoxy) is 2. The summed E-state index contributed by atoms with van der Waals surface area (Å²) < 4.78 is 10.9. The molecule has 0 radical (unpaired) electrons. The van der Waals surface area contributed by atoms with Crippen molar-refractivity contribution < 1.29 is 24.2 Å². The second-order valence-corrected chi connectivity index (χ2v) is 7.18. The lowest BCUT2D eigenvalue weighted by Gasteiger charge is -2.29. The Hall–Kier alpha value is -2.77. The van der Waals surface area contributed by atoms with Crippen LogP contribution in [0.2, 0.25) is 0 Å². The molecule has 0 aliphatic carbocycles. The third-order valence-corrected chi connectivity index (χ3v) is 5.21. The van der Waals surface area contributed by atoms with Gasteiger partial charge in [-0.05, 0) is 43.7 Å². The van der Waals surface area contributed by atoms with Gasteiger partial charge in [-0.1, -0.05) is 29.4 Å². The van der Waals surface area contributed by atoms with E-state index in [-0.39, 0.29) is 18.3 Å². The second-order valence-electron chi connectivity index (χ2n) is 7.18. The van der Waals surface area contributed by atoms with Crippen molar-refractivity contribution in [3.63, 3.8) is 0 Å². The lowest BCUT2D eigenvalue weighted by molar-refractivity contribution is -0.143. The summed E-state index contributed by atoms with van der Waals surface area (Å²) in [5, 5.41) is 13.7. The zero-order chi connectivity index (χ0) is 21.3. The average molecular weight is 449 g/mol. The molecule has 31 heavy (non-hydrogen) atoms. The molecule has 2 aromatic carbocycles. The molecule has 1 N–H and O–H groups in total. The molecule has 1 heterocycles. The molecule has 3 rings (SSSR count). The van der Waals surface area contributed by atoms with Gasteiger partial charge in [0.05, 0.1) is 20.1 Å². The molecule has 1 atom stereocenters. The quantitative estimate of drug-likeness (QED) is 0.358. The van der Waals surface area contributed by atoms with E-state index in [4.69, 9.17) is 14.3 Å². The summed E-state index contributed by atoms with van der Waals surface area (Å²) in [5.74, 6) is 0.393. The monoisotopic (exact) mass is 448 g/mol. The number of methoxy groups -OCH3 is 2. The van der Waals surface area contributed by atoms with Crippen molar-refractivity contribution in [3.8, 4) is 11.5 Å².